The molecular formula is C21H25F4N5O4. The monoisotopic (exact) mass is 487 g/mol. The highest BCUT2D eigenvalue weighted by molar-refractivity contribution is 5.80. The van der Waals surface area contributed by atoms with Crippen molar-refractivity contribution in [3.8, 4) is 5.75 Å². The van der Waals surface area contributed by atoms with Crippen molar-refractivity contribution in [3.63, 3.8) is 0 Å². The van der Waals surface area contributed by atoms with Gasteiger partial charge in [0, 0.05) is 55.7 Å². The Morgan fingerprint density at radius 1 is 1.29 bits per heavy atom. The summed E-state index contributed by atoms with van der Waals surface area (Å²) in [4.78, 5) is 40.0. The number of carbonyl (C=O) groups excluding carboxylic acids is 3. The molecule has 2 atom stereocenters. The first-order valence-electron chi connectivity index (χ1n) is 10.9. The minimum atomic E-state index is -4.94. The van der Waals surface area contributed by atoms with Crippen LogP contribution in [-0.2, 0) is 11.3 Å². The van der Waals surface area contributed by atoms with E-state index in [1.807, 2.05) is 0 Å². The molecule has 0 radical (unpaired) electrons. The fraction of sp³-hybridized carbons (Fsp3) is 0.571. The number of primary amides is 1. The van der Waals surface area contributed by atoms with Gasteiger partial charge in [0.15, 0.2) is 0 Å². The summed E-state index contributed by atoms with van der Waals surface area (Å²) in [5.41, 5.74) is 4.99. The summed E-state index contributed by atoms with van der Waals surface area (Å²) in [6.45, 7) is 0.656. The minimum absolute atomic E-state index is 0.0110. The smallest absolute Gasteiger partial charge is 0.406 e. The zero-order valence-electron chi connectivity index (χ0n) is 18.2. The van der Waals surface area contributed by atoms with Crippen LogP contribution in [-0.4, -0.2) is 65.8 Å². The predicted octanol–water partition coefficient (Wildman–Crippen LogP) is 2.06. The molecule has 1 aromatic carbocycles. The molecule has 13 heteroatoms. The highest BCUT2D eigenvalue weighted by atomic mass is 19.4. The van der Waals surface area contributed by atoms with Crippen molar-refractivity contribution < 1.29 is 36.7 Å². The third-order valence-electron chi connectivity index (χ3n) is 6.39. The average molecular weight is 487 g/mol. The van der Waals surface area contributed by atoms with Crippen molar-refractivity contribution in [1.82, 2.24) is 20.4 Å². The standard InChI is InChI=1S/C21H25F4N5O4/c22-16-5-15(34-21(23,24)25)4-1-12(16)8-27-19(33)30(13-2-3-13)14-6-20(7-17(31)28-10-20)11-29(9-14)18(26)32/h1,4-5,13-14H,2-3,6-11H2,(H2,26,32)(H,27,33)(H,28,31)/t14-,20?/m1/s1. The van der Waals surface area contributed by atoms with Crippen molar-refractivity contribution in [2.24, 2.45) is 11.1 Å². The summed E-state index contributed by atoms with van der Waals surface area (Å²) < 4.78 is 54.9. The van der Waals surface area contributed by atoms with Crippen LogP contribution < -0.4 is 21.1 Å². The number of carbonyl (C=O) groups is 3. The first-order valence-corrected chi connectivity index (χ1v) is 10.9. The van der Waals surface area contributed by atoms with Gasteiger partial charge in [0.05, 0.1) is 6.04 Å². The lowest BCUT2D eigenvalue weighted by Crippen LogP contribution is -2.61. The lowest BCUT2D eigenvalue weighted by molar-refractivity contribution is -0.274. The maximum atomic E-state index is 14.3. The number of hydrogen-bond donors (Lipinski definition) is 3. The van der Waals surface area contributed by atoms with E-state index in [1.54, 1.807) is 4.90 Å². The molecule has 4 N–H and O–H groups in total. The number of amides is 5. The van der Waals surface area contributed by atoms with Crippen LogP contribution in [0.2, 0.25) is 0 Å². The number of rotatable bonds is 5. The number of nitrogens with two attached hydrogens (primary N) is 1. The third-order valence-corrected chi connectivity index (χ3v) is 6.39. The molecule has 4 rings (SSSR count). The van der Waals surface area contributed by atoms with Gasteiger partial charge in [-0.1, -0.05) is 6.07 Å². The first-order chi connectivity index (χ1) is 15.9. The first kappa shape index (κ1) is 23.9. The molecule has 0 aromatic heterocycles. The fourth-order valence-corrected chi connectivity index (χ4v) is 4.83. The zero-order chi connectivity index (χ0) is 24.7. The zero-order valence-corrected chi connectivity index (χ0v) is 18.2. The maximum absolute atomic E-state index is 14.3. The van der Waals surface area contributed by atoms with Crippen LogP contribution in [0.15, 0.2) is 18.2 Å². The Morgan fingerprint density at radius 3 is 2.59 bits per heavy atom. The van der Waals surface area contributed by atoms with Crippen LogP contribution >= 0.6 is 0 Å². The van der Waals surface area contributed by atoms with Crippen molar-refractivity contribution in [2.45, 2.75) is 50.7 Å². The summed E-state index contributed by atoms with van der Waals surface area (Å²) in [6.07, 6.45) is -2.68. The van der Waals surface area contributed by atoms with Crippen molar-refractivity contribution in [1.29, 1.82) is 0 Å². The second kappa shape index (κ2) is 8.84. The molecule has 3 aliphatic rings. The van der Waals surface area contributed by atoms with E-state index >= 15 is 0 Å². The van der Waals surface area contributed by atoms with E-state index in [-0.39, 0.29) is 37.0 Å². The number of nitrogens with zero attached hydrogens (tertiary/aromatic N) is 2. The number of alkyl halides is 3. The van der Waals surface area contributed by atoms with Crippen LogP contribution in [0.3, 0.4) is 0 Å². The van der Waals surface area contributed by atoms with Gasteiger partial charge in [-0.25, -0.2) is 14.0 Å². The summed E-state index contributed by atoms with van der Waals surface area (Å²) in [5.74, 6) is -1.77. The Labute approximate surface area is 192 Å². The number of piperidine rings is 1. The number of benzene rings is 1. The van der Waals surface area contributed by atoms with E-state index < -0.39 is 41.4 Å². The molecule has 1 saturated carbocycles. The van der Waals surface area contributed by atoms with Crippen LogP contribution in [0.25, 0.3) is 0 Å². The Bertz CT molecular complexity index is 986. The molecule has 9 nitrogen and oxygen atoms in total. The molecule has 2 saturated heterocycles. The van der Waals surface area contributed by atoms with Crippen LogP contribution in [0.5, 0.6) is 5.75 Å². The average Bonchev–Trinajstić information content (AvgIpc) is 3.49. The highest BCUT2D eigenvalue weighted by Gasteiger charge is 2.50. The number of nitrogens with one attached hydrogen (secondary N) is 2. The van der Waals surface area contributed by atoms with Gasteiger partial charge < -0.3 is 30.9 Å². The van der Waals surface area contributed by atoms with Gasteiger partial charge in [-0.3, -0.25) is 4.79 Å². The molecule has 5 amide bonds. The maximum Gasteiger partial charge on any atom is 0.573 e. The van der Waals surface area contributed by atoms with E-state index in [4.69, 9.17) is 5.73 Å². The van der Waals surface area contributed by atoms with E-state index in [9.17, 15) is 31.9 Å². The number of likely N-dealkylation sites (tertiary alicyclic amines) is 1. The molecule has 2 heterocycles. The summed E-state index contributed by atoms with van der Waals surface area (Å²) in [5, 5.41) is 5.41. The number of hydrogen-bond acceptors (Lipinski definition) is 4. The molecule has 186 valence electrons. The van der Waals surface area contributed by atoms with Gasteiger partial charge in [-0.15, -0.1) is 13.2 Å². The molecular weight excluding hydrogens is 462 g/mol. The molecule has 34 heavy (non-hydrogen) atoms. The molecule has 2 aliphatic heterocycles. The largest absolute Gasteiger partial charge is 0.573 e. The molecule has 1 aliphatic carbocycles. The topological polar surface area (TPSA) is 117 Å². The Morgan fingerprint density at radius 2 is 2.03 bits per heavy atom. The molecule has 1 unspecified atom stereocenters. The van der Waals surface area contributed by atoms with Gasteiger partial charge >= 0.3 is 18.4 Å². The lowest BCUT2D eigenvalue weighted by atomic mass is 9.76. The van der Waals surface area contributed by atoms with E-state index in [0.717, 1.165) is 25.0 Å². The van der Waals surface area contributed by atoms with Crippen molar-refractivity contribution >= 4 is 18.0 Å². The Hall–Kier alpha value is -3.25. The number of ether oxygens (including phenoxy) is 1. The van der Waals surface area contributed by atoms with Gasteiger partial charge in [0.25, 0.3) is 0 Å². The Kier molecular flexibility index (Phi) is 6.21. The van der Waals surface area contributed by atoms with Crippen molar-refractivity contribution in [3.05, 3.63) is 29.6 Å². The second-order valence-electron chi connectivity index (χ2n) is 9.13. The minimum Gasteiger partial charge on any atom is -0.406 e. The van der Waals surface area contributed by atoms with E-state index in [2.05, 4.69) is 15.4 Å². The Balaban J connectivity index is 1.45. The number of urea groups is 2. The molecule has 1 spiro atoms. The van der Waals surface area contributed by atoms with Gasteiger partial charge in [0.2, 0.25) is 5.91 Å². The molecule has 1 aromatic rings. The highest BCUT2D eigenvalue weighted by Crippen LogP contribution is 2.40. The van der Waals surface area contributed by atoms with E-state index in [0.29, 0.717) is 25.6 Å². The second-order valence-corrected chi connectivity index (χ2v) is 9.13. The third kappa shape index (κ3) is 5.45. The van der Waals surface area contributed by atoms with E-state index in [1.165, 1.54) is 4.90 Å². The fourth-order valence-electron chi connectivity index (χ4n) is 4.83. The summed E-state index contributed by atoms with van der Waals surface area (Å²) >= 11 is 0. The quantitative estimate of drug-likeness (QED) is 0.551. The van der Waals surface area contributed by atoms with Gasteiger partial charge in [0.1, 0.15) is 11.6 Å². The van der Waals surface area contributed by atoms with Crippen LogP contribution in [0, 0.1) is 11.2 Å². The van der Waals surface area contributed by atoms with Gasteiger partial charge in [-0.05, 0) is 25.3 Å². The molecule has 0 bridgehead atoms. The van der Waals surface area contributed by atoms with Crippen LogP contribution in [0.1, 0.15) is 31.2 Å². The van der Waals surface area contributed by atoms with Crippen LogP contribution in [0.4, 0.5) is 27.2 Å². The molecule has 3 fully saturated rings. The summed E-state index contributed by atoms with van der Waals surface area (Å²) in [6, 6.07) is 1.10. The lowest BCUT2D eigenvalue weighted by Gasteiger charge is -2.46. The SMILES string of the molecule is NC(=O)N1C[C@H](N(C(=O)NCc2ccc(OC(F)(F)F)cc2F)C2CC2)CC2(CNC(=O)C2)C1. The predicted molar refractivity (Wildman–Crippen MR) is 110 cm³/mol. The van der Waals surface area contributed by atoms with Gasteiger partial charge in [-0.2, -0.15) is 0 Å². The summed E-state index contributed by atoms with van der Waals surface area (Å²) in [7, 11) is 0. The van der Waals surface area contributed by atoms with Crippen molar-refractivity contribution in [2.75, 3.05) is 19.6 Å². The number of halogens is 4. The normalized spacial score (nSPS) is 24.6.